The van der Waals surface area contributed by atoms with Gasteiger partial charge in [0, 0.05) is 33.2 Å². The van der Waals surface area contributed by atoms with Gasteiger partial charge < -0.3 is 5.32 Å². The van der Waals surface area contributed by atoms with Crippen LogP contribution in [0.2, 0.25) is 0 Å². The van der Waals surface area contributed by atoms with E-state index in [1.807, 2.05) is 60.7 Å². The van der Waals surface area contributed by atoms with E-state index in [2.05, 4.69) is 37.2 Å². The standard InChI is InChI=1S/C19H15Br2NO/c20-17-5-1-13(2-6-17)9-15-11-22-12-16(19(15)23)10-14-3-7-18(21)8-4-14/h1-10,22H,11-12H2. The fraction of sp³-hybridized carbons (Fsp3) is 0.105. The second kappa shape index (κ2) is 7.39. The summed E-state index contributed by atoms with van der Waals surface area (Å²) in [6.07, 6.45) is 3.91. The molecule has 1 aliphatic heterocycles. The van der Waals surface area contributed by atoms with Crippen molar-refractivity contribution >= 4 is 49.8 Å². The number of benzene rings is 2. The molecule has 1 saturated heterocycles. The molecule has 0 atom stereocenters. The lowest BCUT2D eigenvalue weighted by atomic mass is 9.96. The van der Waals surface area contributed by atoms with Crippen molar-refractivity contribution < 1.29 is 4.79 Å². The summed E-state index contributed by atoms with van der Waals surface area (Å²) in [6, 6.07) is 15.9. The van der Waals surface area contributed by atoms with Crippen LogP contribution in [0.1, 0.15) is 11.1 Å². The number of hydrogen-bond donors (Lipinski definition) is 1. The SMILES string of the molecule is O=C1C(=Cc2ccc(Br)cc2)CNCC1=Cc1ccc(Br)cc1. The molecule has 2 aromatic carbocycles. The Morgan fingerprint density at radius 3 is 1.52 bits per heavy atom. The summed E-state index contributed by atoms with van der Waals surface area (Å²) in [5, 5.41) is 3.30. The molecular weight excluding hydrogens is 418 g/mol. The summed E-state index contributed by atoms with van der Waals surface area (Å²) in [5.41, 5.74) is 3.65. The van der Waals surface area contributed by atoms with Crippen LogP contribution in [0.4, 0.5) is 0 Å². The number of carbonyl (C=O) groups is 1. The summed E-state index contributed by atoms with van der Waals surface area (Å²) in [7, 11) is 0. The number of nitrogens with one attached hydrogen (secondary N) is 1. The van der Waals surface area contributed by atoms with Crippen molar-refractivity contribution in [2.24, 2.45) is 0 Å². The Labute approximate surface area is 152 Å². The van der Waals surface area contributed by atoms with Gasteiger partial charge in [0.2, 0.25) is 0 Å². The van der Waals surface area contributed by atoms with E-state index < -0.39 is 0 Å². The van der Waals surface area contributed by atoms with Crippen molar-refractivity contribution in [2.45, 2.75) is 0 Å². The van der Waals surface area contributed by atoms with Crippen molar-refractivity contribution in [3.05, 3.63) is 79.7 Å². The summed E-state index contributed by atoms with van der Waals surface area (Å²) < 4.78 is 2.06. The first-order valence-corrected chi connectivity index (χ1v) is 8.88. The summed E-state index contributed by atoms with van der Waals surface area (Å²) in [5.74, 6) is 0.120. The second-order valence-electron chi connectivity index (χ2n) is 5.37. The van der Waals surface area contributed by atoms with Crippen LogP contribution in [0.5, 0.6) is 0 Å². The van der Waals surface area contributed by atoms with Crippen LogP contribution in [0.3, 0.4) is 0 Å². The average molecular weight is 433 g/mol. The van der Waals surface area contributed by atoms with E-state index in [9.17, 15) is 4.79 Å². The van der Waals surface area contributed by atoms with Gasteiger partial charge in [0.1, 0.15) is 0 Å². The molecule has 0 unspecified atom stereocenters. The van der Waals surface area contributed by atoms with Crippen molar-refractivity contribution in [3.63, 3.8) is 0 Å². The maximum Gasteiger partial charge on any atom is 0.187 e. The molecule has 0 amide bonds. The first-order chi connectivity index (χ1) is 11.1. The van der Waals surface area contributed by atoms with Gasteiger partial charge in [-0.05, 0) is 47.5 Å². The minimum Gasteiger partial charge on any atom is -0.308 e. The molecule has 0 radical (unpaired) electrons. The van der Waals surface area contributed by atoms with E-state index in [1.165, 1.54) is 0 Å². The Morgan fingerprint density at radius 2 is 1.13 bits per heavy atom. The van der Waals surface area contributed by atoms with Crippen LogP contribution in [0, 0.1) is 0 Å². The summed E-state index contributed by atoms with van der Waals surface area (Å²) in [6.45, 7) is 1.21. The van der Waals surface area contributed by atoms with Crippen LogP contribution in [-0.4, -0.2) is 18.9 Å². The maximum absolute atomic E-state index is 12.7. The van der Waals surface area contributed by atoms with Gasteiger partial charge in [-0.25, -0.2) is 0 Å². The quantitative estimate of drug-likeness (QED) is 0.687. The normalized spacial score (nSPS) is 18.6. The Bertz CT molecular complexity index is 709. The largest absolute Gasteiger partial charge is 0.308 e. The number of rotatable bonds is 2. The molecule has 4 heteroatoms. The molecule has 1 heterocycles. The fourth-order valence-electron chi connectivity index (χ4n) is 2.45. The zero-order valence-corrected chi connectivity index (χ0v) is 15.5. The Morgan fingerprint density at radius 1 is 0.739 bits per heavy atom. The lowest BCUT2D eigenvalue weighted by Crippen LogP contribution is -2.32. The summed E-state index contributed by atoms with van der Waals surface area (Å²) in [4.78, 5) is 12.7. The molecule has 1 fully saturated rings. The van der Waals surface area contributed by atoms with E-state index in [1.54, 1.807) is 0 Å². The molecule has 0 aromatic heterocycles. The molecule has 1 N–H and O–H groups in total. The minimum atomic E-state index is 0.120. The van der Waals surface area contributed by atoms with Crippen molar-refractivity contribution in [3.8, 4) is 0 Å². The zero-order chi connectivity index (χ0) is 16.2. The van der Waals surface area contributed by atoms with Crippen LogP contribution in [-0.2, 0) is 4.79 Å². The minimum absolute atomic E-state index is 0.120. The topological polar surface area (TPSA) is 29.1 Å². The molecule has 2 aromatic rings. The zero-order valence-electron chi connectivity index (χ0n) is 12.4. The highest BCUT2D eigenvalue weighted by Crippen LogP contribution is 2.19. The molecule has 0 saturated carbocycles. The average Bonchev–Trinajstić information content (AvgIpc) is 2.55. The van der Waals surface area contributed by atoms with E-state index in [-0.39, 0.29) is 5.78 Å². The second-order valence-corrected chi connectivity index (χ2v) is 7.21. The van der Waals surface area contributed by atoms with Crippen LogP contribution >= 0.6 is 31.9 Å². The number of halogens is 2. The maximum atomic E-state index is 12.7. The van der Waals surface area contributed by atoms with E-state index >= 15 is 0 Å². The predicted octanol–water partition coefficient (Wildman–Crippen LogP) is 4.85. The molecule has 116 valence electrons. The molecule has 0 bridgehead atoms. The lowest BCUT2D eigenvalue weighted by Gasteiger charge is -2.18. The Hall–Kier alpha value is -1.49. The Balaban J connectivity index is 1.86. The van der Waals surface area contributed by atoms with Gasteiger partial charge in [-0.3, -0.25) is 4.79 Å². The number of Topliss-reactive ketones (excluding diaryl/α,β-unsaturated/α-hetero) is 1. The van der Waals surface area contributed by atoms with Gasteiger partial charge in [0.15, 0.2) is 5.78 Å². The van der Waals surface area contributed by atoms with Crippen molar-refractivity contribution in [1.82, 2.24) is 5.32 Å². The third-order valence-corrected chi connectivity index (χ3v) is 4.69. The number of piperidine rings is 1. The number of hydrogen-bond acceptors (Lipinski definition) is 2. The third kappa shape index (κ3) is 4.28. The van der Waals surface area contributed by atoms with Gasteiger partial charge >= 0.3 is 0 Å². The van der Waals surface area contributed by atoms with E-state index in [0.29, 0.717) is 13.1 Å². The van der Waals surface area contributed by atoms with Gasteiger partial charge in [-0.15, -0.1) is 0 Å². The molecule has 23 heavy (non-hydrogen) atoms. The molecule has 1 aliphatic rings. The number of ketones is 1. The van der Waals surface area contributed by atoms with Gasteiger partial charge in [0.25, 0.3) is 0 Å². The molecule has 2 nitrogen and oxygen atoms in total. The monoisotopic (exact) mass is 431 g/mol. The van der Waals surface area contributed by atoms with Gasteiger partial charge in [-0.1, -0.05) is 56.1 Å². The molecular formula is C19H15Br2NO. The third-order valence-electron chi connectivity index (χ3n) is 3.64. The molecule has 3 rings (SSSR count). The van der Waals surface area contributed by atoms with E-state index in [4.69, 9.17) is 0 Å². The highest BCUT2D eigenvalue weighted by molar-refractivity contribution is 9.10. The lowest BCUT2D eigenvalue weighted by molar-refractivity contribution is -0.112. The predicted molar refractivity (Wildman–Crippen MR) is 102 cm³/mol. The van der Waals surface area contributed by atoms with Gasteiger partial charge in [0.05, 0.1) is 0 Å². The van der Waals surface area contributed by atoms with Crippen LogP contribution in [0.25, 0.3) is 12.2 Å². The van der Waals surface area contributed by atoms with Crippen molar-refractivity contribution in [2.75, 3.05) is 13.1 Å². The van der Waals surface area contributed by atoms with E-state index in [0.717, 1.165) is 31.2 Å². The Kier molecular flexibility index (Phi) is 5.26. The molecule has 0 spiro atoms. The fourth-order valence-corrected chi connectivity index (χ4v) is 2.98. The van der Waals surface area contributed by atoms with Gasteiger partial charge in [-0.2, -0.15) is 0 Å². The first kappa shape index (κ1) is 16.4. The summed E-state index contributed by atoms with van der Waals surface area (Å²) >= 11 is 6.84. The highest BCUT2D eigenvalue weighted by atomic mass is 79.9. The smallest absolute Gasteiger partial charge is 0.187 e. The highest BCUT2D eigenvalue weighted by Gasteiger charge is 2.19. The van der Waals surface area contributed by atoms with Crippen LogP contribution in [0.15, 0.2) is 68.6 Å². The van der Waals surface area contributed by atoms with Crippen LogP contribution < -0.4 is 5.32 Å². The number of carbonyl (C=O) groups excluding carboxylic acids is 1. The van der Waals surface area contributed by atoms with Crippen molar-refractivity contribution in [1.29, 1.82) is 0 Å². The molecule has 0 aliphatic carbocycles. The first-order valence-electron chi connectivity index (χ1n) is 7.29.